The molecule has 0 bridgehead atoms. The van der Waals surface area contributed by atoms with E-state index in [0.717, 1.165) is 44.2 Å². The van der Waals surface area contributed by atoms with Crippen LogP contribution in [-0.4, -0.2) is 50.8 Å². The summed E-state index contributed by atoms with van der Waals surface area (Å²) in [7, 11) is 0. The molecule has 1 N–H and O–H groups in total. The highest BCUT2D eigenvalue weighted by atomic mass is 16.5. The third-order valence-corrected chi connectivity index (χ3v) is 3.18. The fourth-order valence-corrected chi connectivity index (χ4v) is 1.98. The average molecular weight is 280 g/mol. The maximum atomic E-state index is 5.75. The summed E-state index contributed by atoms with van der Waals surface area (Å²) in [4.78, 5) is 2.40. The van der Waals surface area contributed by atoms with Crippen molar-refractivity contribution >= 4 is 0 Å². The van der Waals surface area contributed by atoms with Gasteiger partial charge in [0.1, 0.15) is 6.61 Å². The standard InChI is InChI=1S/C16H28N2O2/c1-4-18(5-2)13-11-17-12-14-20-16-10-8-7-9-15(16)19-6-3/h7-10,17H,4-6,11-14H2,1-3H3. The fourth-order valence-electron chi connectivity index (χ4n) is 1.98. The maximum absolute atomic E-state index is 5.75. The Hall–Kier alpha value is -1.26. The highest BCUT2D eigenvalue weighted by Crippen LogP contribution is 2.25. The number of rotatable bonds is 11. The molecule has 114 valence electrons. The predicted molar refractivity (Wildman–Crippen MR) is 83.8 cm³/mol. The van der Waals surface area contributed by atoms with Crippen molar-refractivity contribution in [2.75, 3.05) is 45.9 Å². The molecule has 1 rings (SSSR count). The molecule has 20 heavy (non-hydrogen) atoms. The number of likely N-dealkylation sites (N-methyl/N-ethyl adjacent to an activating group) is 1. The fraction of sp³-hybridized carbons (Fsp3) is 0.625. The number of benzene rings is 1. The van der Waals surface area contributed by atoms with E-state index in [0.29, 0.717) is 13.2 Å². The number of hydrogen-bond acceptors (Lipinski definition) is 4. The number of nitrogens with one attached hydrogen (secondary N) is 1. The van der Waals surface area contributed by atoms with Crippen LogP contribution in [0.1, 0.15) is 20.8 Å². The average Bonchev–Trinajstić information content (AvgIpc) is 2.48. The van der Waals surface area contributed by atoms with Crippen LogP contribution in [0.15, 0.2) is 24.3 Å². The second kappa shape index (κ2) is 10.5. The smallest absolute Gasteiger partial charge is 0.161 e. The summed E-state index contributed by atoms with van der Waals surface area (Å²) in [5, 5.41) is 3.40. The minimum atomic E-state index is 0.655. The van der Waals surface area contributed by atoms with E-state index in [4.69, 9.17) is 9.47 Å². The van der Waals surface area contributed by atoms with E-state index in [2.05, 4.69) is 24.1 Å². The first-order valence-electron chi connectivity index (χ1n) is 7.59. The lowest BCUT2D eigenvalue weighted by molar-refractivity contribution is 0.268. The van der Waals surface area contributed by atoms with E-state index in [1.54, 1.807) is 0 Å². The van der Waals surface area contributed by atoms with E-state index in [1.807, 2.05) is 31.2 Å². The van der Waals surface area contributed by atoms with Crippen molar-refractivity contribution in [3.63, 3.8) is 0 Å². The first kappa shape index (κ1) is 16.8. The quantitative estimate of drug-likeness (QED) is 0.631. The van der Waals surface area contributed by atoms with Crippen LogP contribution < -0.4 is 14.8 Å². The number of para-hydroxylation sites is 2. The van der Waals surface area contributed by atoms with Crippen LogP contribution in [0.3, 0.4) is 0 Å². The molecule has 0 radical (unpaired) electrons. The molecule has 0 aromatic heterocycles. The third kappa shape index (κ3) is 6.26. The van der Waals surface area contributed by atoms with Crippen molar-refractivity contribution in [3.05, 3.63) is 24.3 Å². The van der Waals surface area contributed by atoms with Gasteiger partial charge in [-0.1, -0.05) is 26.0 Å². The summed E-state index contributed by atoms with van der Waals surface area (Å²) in [5.74, 6) is 1.64. The third-order valence-electron chi connectivity index (χ3n) is 3.18. The Morgan fingerprint density at radius 2 is 1.60 bits per heavy atom. The molecule has 0 aliphatic carbocycles. The Morgan fingerprint density at radius 3 is 2.20 bits per heavy atom. The van der Waals surface area contributed by atoms with Crippen LogP contribution in [-0.2, 0) is 0 Å². The van der Waals surface area contributed by atoms with Crippen molar-refractivity contribution in [2.24, 2.45) is 0 Å². The summed E-state index contributed by atoms with van der Waals surface area (Å²) in [6.45, 7) is 12.8. The lowest BCUT2D eigenvalue weighted by atomic mass is 10.3. The zero-order valence-corrected chi connectivity index (χ0v) is 13.0. The Labute approximate surface area is 123 Å². The summed E-state index contributed by atoms with van der Waals surface area (Å²) in [5.41, 5.74) is 0. The minimum absolute atomic E-state index is 0.655. The maximum Gasteiger partial charge on any atom is 0.161 e. The van der Waals surface area contributed by atoms with Crippen molar-refractivity contribution in [1.29, 1.82) is 0 Å². The Morgan fingerprint density at radius 1 is 0.950 bits per heavy atom. The van der Waals surface area contributed by atoms with Gasteiger partial charge in [-0.05, 0) is 32.1 Å². The number of hydrogen-bond donors (Lipinski definition) is 1. The number of ether oxygens (including phenoxy) is 2. The molecule has 4 heteroatoms. The van der Waals surface area contributed by atoms with Crippen LogP contribution in [0.25, 0.3) is 0 Å². The summed E-state index contributed by atoms with van der Waals surface area (Å²) in [6, 6.07) is 7.80. The lowest BCUT2D eigenvalue weighted by Crippen LogP contribution is -2.33. The minimum Gasteiger partial charge on any atom is -0.490 e. The van der Waals surface area contributed by atoms with Gasteiger partial charge in [0.2, 0.25) is 0 Å². The van der Waals surface area contributed by atoms with E-state index in [-0.39, 0.29) is 0 Å². The van der Waals surface area contributed by atoms with E-state index in [1.165, 1.54) is 0 Å². The molecule has 0 amide bonds. The molecule has 1 aromatic carbocycles. The molecule has 0 atom stereocenters. The second-order valence-corrected chi connectivity index (χ2v) is 4.51. The van der Waals surface area contributed by atoms with Crippen LogP contribution in [0.5, 0.6) is 11.5 Å². The van der Waals surface area contributed by atoms with Gasteiger partial charge in [0.15, 0.2) is 11.5 Å². The number of nitrogens with zero attached hydrogens (tertiary/aromatic N) is 1. The van der Waals surface area contributed by atoms with Gasteiger partial charge >= 0.3 is 0 Å². The molecule has 0 spiro atoms. The summed E-state index contributed by atoms with van der Waals surface area (Å²) in [6.07, 6.45) is 0. The monoisotopic (exact) mass is 280 g/mol. The highest BCUT2D eigenvalue weighted by Gasteiger charge is 2.03. The van der Waals surface area contributed by atoms with Crippen LogP contribution >= 0.6 is 0 Å². The SMILES string of the molecule is CCOc1ccccc1OCCNCCN(CC)CC. The molecule has 0 aliphatic heterocycles. The molecular weight excluding hydrogens is 252 g/mol. The molecule has 0 saturated heterocycles. The topological polar surface area (TPSA) is 33.7 Å². The van der Waals surface area contributed by atoms with E-state index in [9.17, 15) is 0 Å². The van der Waals surface area contributed by atoms with Gasteiger partial charge in [0.05, 0.1) is 6.61 Å². The molecule has 0 aliphatic rings. The van der Waals surface area contributed by atoms with Crippen molar-refractivity contribution in [2.45, 2.75) is 20.8 Å². The first-order valence-corrected chi connectivity index (χ1v) is 7.59. The molecular formula is C16H28N2O2. The second-order valence-electron chi connectivity index (χ2n) is 4.51. The van der Waals surface area contributed by atoms with Crippen molar-refractivity contribution in [1.82, 2.24) is 10.2 Å². The Bertz CT molecular complexity index is 354. The van der Waals surface area contributed by atoms with Gasteiger partial charge in [-0.15, -0.1) is 0 Å². The van der Waals surface area contributed by atoms with Crippen LogP contribution in [0, 0.1) is 0 Å². The predicted octanol–water partition coefficient (Wildman–Crippen LogP) is 2.40. The van der Waals surface area contributed by atoms with Gasteiger partial charge in [-0.2, -0.15) is 0 Å². The molecule has 0 saturated carbocycles. The first-order chi connectivity index (χ1) is 9.81. The molecule has 0 heterocycles. The summed E-state index contributed by atoms with van der Waals surface area (Å²) >= 11 is 0. The molecule has 4 nitrogen and oxygen atoms in total. The molecule has 0 fully saturated rings. The Kier molecular flexibility index (Phi) is 8.83. The van der Waals surface area contributed by atoms with Crippen LogP contribution in [0.2, 0.25) is 0 Å². The van der Waals surface area contributed by atoms with Gasteiger partial charge in [-0.25, -0.2) is 0 Å². The van der Waals surface area contributed by atoms with Gasteiger partial charge in [0, 0.05) is 19.6 Å². The summed E-state index contributed by atoms with van der Waals surface area (Å²) < 4.78 is 11.3. The molecule has 0 unspecified atom stereocenters. The highest BCUT2D eigenvalue weighted by molar-refractivity contribution is 5.39. The zero-order valence-electron chi connectivity index (χ0n) is 13.0. The van der Waals surface area contributed by atoms with Crippen molar-refractivity contribution in [3.8, 4) is 11.5 Å². The van der Waals surface area contributed by atoms with Gasteiger partial charge in [0.25, 0.3) is 0 Å². The normalized spacial score (nSPS) is 10.8. The van der Waals surface area contributed by atoms with E-state index >= 15 is 0 Å². The zero-order chi connectivity index (χ0) is 14.6. The van der Waals surface area contributed by atoms with Crippen molar-refractivity contribution < 1.29 is 9.47 Å². The van der Waals surface area contributed by atoms with Crippen LogP contribution in [0.4, 0.5) is 0 Å². The lowest BCUT2D eigenvalue weighted by Gasteiger charge is -2.18. The van der Waals surface area contributed by atoms with Gasteiger partial charge in [-0.3, -0.25) is 0 Å². The Balaban J connectivity index is 2.18. The largest absolute Gasteiger partial charge is 0.490 e. The molecule has 1 aromatic rings. The van der Waals surface area contributed by atoms with Gasteiger partial charge < -0.3 is 19.7 Å². The van der Waals surface area contributed by atoms with E-state index < -0.39 is 0 Å².